The van der Waals surface area contributed by atoms with Gasteiger partial charge in [-0.15, -0.1) is 0 Å². The fourth-order valence-electron chi connectivity index (χ4n) is 2.07. The second-order valence-electron chi connectivity index (χ2n) is 4.51. The van der Waals surface area contributed by atoms with Crippen LogP contribution in [0.5, 0.6) is 0 Å². The van der Waals surface area contributed by atoms with Crippen LogP contribution >= 0.6 is 0 Å². The molecule has 7 heteroatoms. The first-order valence-corrected chi connectivity index (χ1v) is 6.06. The molecule has 2 heterocycles. The van der Waals surface area contributed by atoms with Crippen LogP contribution in [0.25, 0.3) is 0 Å². The van der Waals surface area contributed by atoms with Gasteiger partial charge in [0.1, 0.15) is 0 Å². The number of rotatable bonds is 3. The van der Waals surface area contributed by atoms with Crippen molar-refractivity contribution < 1.29 is 14.1 Å². The number of hydrogen-bond acceptors (Lipinski definition) is 6. The number of carbonyl (C=O) groups excluding carboxylic acids is 2. The number of nitrogens with one attached hydrogen (secondary N) is 1. The number of hydrogen-bond donors (Lipinski definition) is 1. The summed E-state index contributed by atoms with van der Waals surface area (Å²) in [5, 5.41) is 6.85. The zero-order valence-electron chi connectivity index (χ0n) is 11.0. The Morgan fingerprint density at radius 1 is 1.25 bits per heavy atom. The number of aryl methyl sites for hydroxylation is 1. The van der Waals surface area contributed by atoms with Gasteiger partial charge in [-0.3, -0.25) is 14.5 Å². The number of nitrogens with zero attached hydrogens (tertiary/aromatic N) is 3. The average Bonchev–Trinajstić information content (AvgIpc) is 2.95. The van der Waals surface area contributed by atoms with E-state index in [0.29, 0.717) is 29.4 Å². The smallest absolute Gasteiger partial charge is 0.261 e. The normalized spacial score (nSPS) is 13.8. The lowest BCUT2D eigenvalue weighted by molar-refractivity contribution is 0.0693. The topological polar surface area (TPSA) is 88.3 Å². The third-order valence-electron chi connectivity index (χ3n) is 3.11. The summed E-state index contributed by atoms with van der Waals surface area (Å²) in [5.74, 6) is 0.468. The lowest BCUT2D eigenvalue weighted by Crippen LogP contribution is -2.24. The molecule has 1 N–H and O–H groups in total. The Morgan fingerprint density at radius 3 is 2.70 bits per heavy atom. The van der Waals surface area contributed by atoms with Crippen molar-refractivity contribution in [3.63, 3.8) is 0 Å². The van der Waals surface area contributed by atoms with Crippen LogP contribution in [0.15, 0.2) is 22.7 Å². The second kappa shape index (κ2) is 4.44. The highest BCUT2D eigenvalue weighted by Gasteiger charge is 2.32. The van der Waals surface area contributed by atoms with E-state index in [1.165, 1.54) is 7.05 Å². The van der Waals surface area contributed by atoms with Gasteiger partial charge in [0.15, 0.2) is 5.82 Å². The molecule has 1 aliphatic rings. The molecule has 1 aliphatic heterocycles. The standard InChI is InChI=1S/C13H12N4O3/c1-7-15-11(16-20-7)6-14-8-3-4-9-10(5-8)13(19)17(2)12(9)18/h3-5,14H,6H2,1-2H3. The Hall–Kier alpha value is -2.70. The number of aromatic nitrogens is 2. The van der Waals surface area contributed by atoms with Gasteiger partial charge in [0, 0.05) is 19.7 Å². The van der Waals surface area contributed by atoms with Crippen molar-refractivity contribution in [2.75, 3.05) is 12.4 Å². The summed E-state index contributed by atoms with van der Waals surface area (Å²) in [6, 6.07) is 5.05. The lowest BCUT2D eigenvalue weighted by Gasteiger charge is -2.04. The third kappa shape index (κ3) is 1.93. The van der Waals surface area contributed by atoms with E-state index < -0.39 is 0 Å². The van der Waals surface area contributed by atoms with Crippen molar-refractivity contribution in [3.8, 4) is 0 Å². The fraction of sp³-hybridized carbons (Fsp3) is 0.231. The maximum absolute atomic E-state index is 11.9. The van der Waals surface area contributed by atoms with E-state index in [0.717, 1.165) is 10.6 Å². The highest BCUT2D eigenvalue weighted by Crippen LogP contribution is 2.24. The summed E-state index contributed by atoms with van der Waals surface area (Å²) in [4.78, 5) is 28.8. The van der Waals surface area contributed by atoms with Crippen LogP contribution in [0.3, 0.4) is 0 Å². The molecule has 2 aromatic rings. The number of fused-ring (bicyclic) bond motifs is 1. The van der Waals surface area contributed by atoms with Gasteiger partial charge in [-0.2, -0.15) is 4.98 Å². The molecule has 0 spiro atoms. The van der Waals surface area contributed by atoms with Gasteiger partial charge >= 0.3 is 0 Å². The van der Waals surface area contributed by atoms with Gasteiger partial charge in [0.05, 0.1) is 17.7 Å². The minimum Gasteiger partial charge on any atom is -0.378 e. The monoisotopic (exact) mass is 272 g/mol. The van der Waals surface area contributed by atoms with Gasteiger partial charge in [0.2, 0.25) is 5.89 Å². The van der Waals surface area contributed by atoms with E-state index in [4.69, 9.17) is 4.52 Å². The average molecular weight is 272 g/mol. The van der Waals surface area contributed by atoms with Gasteiger partial charge in [-0.05, 0) is 18.2 Å². The van der Waals surface area contributed by atoms with Gasteiger partial charge in [-0.25, -0.2) is 0 Å². The molecule has 102 valence electrons. The van der Waals surface area contributed by atoms with E-state index in [1.807, 2.05) is 0 Å². The number of anilines is 1. The van der Waals surface area contributed by atoms with Crippen LogP contribution in [-0.4, -0.2) is 33.9 Å². The quantitative estimate of drug-likeness (QED) is 0.845. The summed E-state index contributed by atoms with van der Waals surface area (Å²) in [6.45, 7) is 2.10. The van der Waals surface area contributed by atoms with Gasteiger partial charge in [0.25, 0.3) is 11.8 Å². The first kappa shape index (κ1) is 12.3. The molecule has 0 unspecified atom stereocenters. The van der Waals surface area contributed by atoms with Crippen molar-refractivity contribution in [2.24, 2.45) is 0 Å². The highest BCUT2D eigenvalue weighted by molar-refractivity contribution is 6.21. The van der Waals surface area contributed by atoms with Crippen LogP contribution < -0.4 is 5.32 Å². The van der Waals surface area contributed by atoms with Crippen molar-refractivity contribution in [2.45, 2.75) is 13.5 Å². The molecular formula is C13H12N4O3. The maximum atomic E-state index is 11.9. The maximum Gasteiger partial charge on any atom is 0.261 e. The summed E-state index contributed by atoms with van der Waals surface area (Å²) >= 11 is 0. The van der Waals surface area contributed by atoms with Crippen LogP contribution in [0, 0.1) is 6.92 Å². The van der Waals surface area contributed by atoms with Crippen molar-refractivity contribution >= 4 is 17.5 Å². The van der Waals surface area contributed by atoms with Crippen molar-refractivity contribution in [1.29, 1.82) is 0 Å². The molecule has 7 nitrogen and oxygen atoms in total. The minimum absolute atomic E-state index is 0.273. The molecule has 3 rings (SSSR count). The highest BCUT2D eigenvalue weighted by atomic mass is 16.5. The third-order valence-corrected chi connectivity index (χ3v) is 3.11. The molecule has 0 atom stereocenters. The molecule has 1 aromatic carbocycles. The molecule has 0 fully saturated rings. The molecule has 0 bridgehead atoms. The second-order valence-corrected chi connectivity index (χ2v) is 4.51. The van der Waals surface area contributed by atoms with E-state index in [9.17, 15) is 9.59 Å². The molecular weight excluding hydrogens is 260 g/mol. The van der Waals surface area contributed by atoms with Gasteiger partial charge < -0.3 is 9.84 Å². The molecule has 20 heavy (non-hydrogen) atoms. The molecule has 0 aliphatic carbocycles. The SMILES string of the molecule is Cc1nc(CNc2ccc3c(c2)C(=O)N(C)C3=O)no1. The summed E-state index contributed by atoms with van der Waals surface area (Å²) < 4.78 is 4.87. The molecule has 2 amide bonds. The molecule has 1 aromatic heterocycles. The lowest BCUT2D eigenvalue weighted by atomic mass is 10.1. The molecule has 0 saturated heterocycles. The Bertz CT molecular complexity index is 707. The first-order valence-electron chi connectivity index (χ1n) is 6.06. The predicted molar refractivity (Wildman–Crippen MR) is 69.2 cm³/mol. The van der Waals surface area contributed by atoms with Crippen LogP contribution in [0.4, 0.5) is 5.69 Å². The summed E-state index contributed by atoms with van der Waals surface area (Å²) in [5.41, 5.74) is 1.56. The summed E-state index contributed by atoms with van der Waals surface area (Å²) in [6.07, 6.45) is 0. The largest absolute Gasteiger partial charge is 0.378 e. The Morgan fingerprint density at radius 2 is 2.00 bits per heavy atom. The van der Waals surface area contributed by atoms with E-state index in [-0.39, 0.29) is 11.8 Å². The molecule has 0 radical (unpaired) electrons. The number of carbonyl (C=O) groups is 2. The van der Waals surface area contributed by atoms with Gasteiger partial charge in [-0.1, -0.05) is 5.16 Å². The van der Waals surface area contributed by atoms with E-state index in [2.05, 4.69) is 15.5 Å². The number of imide groups is 1. The number of benzene rings is 1. The zero-order chi connectivity index (χ0) is 14.3. The molecule has 0 saturated carbocycles. The first-order chi connectivity index (χ1) is 9.56. The van der Waals surface area contributed by atoms with E-state index in [1.54, 1.807) is 25.1 Å². The van der Waals surface area contributed by atoms with Crippen molar-refractivity contribution in [1.82, 2.24) is 15.0 Å². The Kier molecular flexibility index (Phi) is 2.74. The van der Waals surface area contributed by atoms with Crippen LogP contribution in [0.2, 0.25) is 0 Å². The van der Waals surface area contributed by atoms with E-state index >= 15 is 0 Å². The predicted octanol–water partition coefficient (Wildman–Crippen LogP) is 1.22. The van der Waals surface area contributed by atoms with Crippen LogP contribution in [-0.2, 0) is 6.54 Å². The minimum atomic E-state index is -0.288. The Balaban J connectivity index is 1.80. The van der Waals surface area contributed by atoms with Crippen LogP contribution in [0.1, 0.15) is 32.4 Å². The summed E-state index contributed by atoms with van der Waals surface area (Å²) in [7, 11) is 1.47. The number of amides is 2. The fourth-order valence-corrected chi connectivity index (χ4v) is 2.07. The zero-order valence-corrected chi connectivity index (χ0v) is 11.0. The Labute approximate surface area is 114 Å². The van der Waals surface area contributed by atoms with Crippen molar-refractivity contribution in [3.05, 3.63) is 41.0 Å².